The van der Waals surface area contributed by atoms with Crippen LogP contribution in [0.3, 0.4) is 0 Å². The second kappa shape index (κ2) is 6.05. The molecule has 3 aromatic rings. The number of alkyl halides is 1. The van der Waals surface area contributed by atoms with Crippen LogP contribution in [-0.4, -0.2) is 18.9 Å². The summed E-state index contributed by atoms with van der Waals surface area (Å²) in [6.07, 6.45) is 0. The molecule has 2 atom stereocenters. The maximum atomic E-state index is 13.9. The van der Waals surface area contributed by atoms with E-state index in [-0.39, 0.29) is 17.7 Å². The molecule has 0 aromatic heterocycles. The molecule has 4 aliphatic rings. The summed E-state index contributed by atoms with van der Waals surface area (Å²) in [6.45, 7) is 0. The van der Waals surface area contributed by atoms with Crippen molar-refractivity contribution in [2.45, 2.75) is 10.2 Å². The van der Waals surface area contributed by atoms with Gasteiger partial charge in [-0.15, -0.1) is 0 Å². The van der Waals surface area contributed by atoms with E-state index in [2.05, 4.69) is 40.2 Å². The number of halogens is 1. The molecule has 30 heavy (non-hydrogen) atoms. The minimum Gasteiger partial charge on any atom is -0.495 e. The lowest BCUT2D eigenvalue weighted by atomic mass is 9.55. The van der Waals surface area contributed by atoms with Gasteiger partial charge >= 0.3 is 0 Å². The van der Waals surface area contributed by atoms with E-state index in [4.69, 9.17) is 4.74 Å². The van der Waals surface area contributed by atoms with Crippen LogP contribution in [0.1, 0.15) is 28.2 Å². The van der Waals surface area contributed by atoms with Crippen molar-refractivity contribution in [3.05, 3.63) is 95.1 Å². The van der Waals surface area contributed by atoms with Crippen LogP contribution in [0.25, 0.3) is 0 Å². The van der Waals surface area contributed by atoms with Crippen molar-refractivity contribution in [2.75, 3.05) is 12.0 Å². The van der Waals surface area contributed by atoms with Gasteiger partial charge in [-0.25, -0.2) is 4.90 Å². The monoisotopic (exact) mass is 459 g/mol. The summed E-state index contributed by atoms with van der Waals surface area (Å²) in [6, 6.07) is 23.5. The van der Waals surface area contributed by atoms with Crippen LogP contribution in [-0.2, 0) is 13.9 Å². The lowest BCUT2D eigenvalue weighted by molar-refractivity contribution is -0.122. The zero-order valence-electron chi connectivity index (χ0n) is 16.2. The van der Waals surface area contributed by atoms with Crippen LogP contribution in [0.2, 0.25) is 0 Å². The Morgan fingerprint density at radius 3 is 2.03 bits per heavy atom. The highest BCUT2D eigenvalue weighted by Gasteiger charge is 2.67. The highest BCUT2D eigenvalue weighted by atomic mass is 79.9. The molecule has 4 nitrogen and oxygen atoms in total. The van der Waals surface area contributed by atoms with Crippen LogP contribution in [0.5, 0.6) is 5.75 Å². The molecule has 0 N–H and O–H groups in total. The first-order valence-corrected chi connectivity index (χ1v) is 10.8. The standard InChI is InChI=1S/C25H18BrNO3/c1-30-19-13-7-6-12-18(19)27-23(28)21-20-14-8-2-4-10-16(14)25(26,22(21)24(27)29)17-11-5-3-9-15(17)20/h2-13,20-22H,1H3/t20?,21-,22-,25?/m1/s1. The Bertz CT molecular complexity index is 1190. The van der Waals surface area contributed by atoms with Gasteiger partial charge in [0.15, 0.2) is 0 Å². The van der Waals surface area contributed by atoms with E-state index in [1.807, 2.05) is 36.4 Å². The van der Waals surface area contributed by atoms with E-state index in [0.29, 0.717) is 11.4 Å². The van der Waals surface area contributed by atoms with Gasteiger partial charge < -0.3 is 4.74 Å². The smallest absolute Gasteiger partial charge is 0.239 e. The predicted molar refractivity (Wildman–Crippen MR) is 117 cm³/mol. The molecule has 1 heterocycles. The maximum absolute atomic E-state index is 13.9. The molecule has 2 bridgehead atoms. The molecule has 5 heteroatoms. The summed E-state index contributed by atoms with van der Waals surface area (Å²) in [5.74, 6) is -0.925. The largest absolute Gasteiger partial charge is 0.495 e. The maximum Gasteiger partial charge on any atom is 0.239 e. The number of carbonyl (C=O) groups excluding carboxylic acids is 2. The summed E-state index contributed by atoms with van der Waals surface area (Å²) >= 11 is 4.01. The lowest BCUT2D eigenvalue weighted by Crippen LogP contribution is -2.50. The Balaban J connectivity index is 1.62. The Hall–Kier alpha value is -2.92. The molecule has 1 fully saturated rings. The number of ether oxygens (including phenoxy) is 1. The first kappa shape index (κ1) is 17.9. The number of methoxy groups -OCH3 is 1. The van der Waals surface area contributed by atoms with Crippen molar-refractivity contribution < 1.29 is 14.3 Å². The number of rotatable bonds is 2. The predicted octanol–water partition coefficient (Wildman–Crippen LogP) is 4.60. The van der Waals surface area contributed by atoms with Gasteiger partial charge in [-0.3, -0.25) is 9.59 Å². The topological polar surface area (TPSA) is 46.6 Å². The number of amides is 2. The Kier molecular flexibility index (Phi) is 3.61. The molecule has 148 valence electrons. The highest BCUT2D eigenvalue weighted by molar-refractivity contribution is 9.09. The zero-order valence-corrected chi connectivity index (χ0v) is 17.8. The van der Waals surface area contributed by atoms with Crippen molar-refractivity contribution in [1.29, 1.82) is 0 Å². The molecule has 3 aliphatic carbocycles. The van der Waals surface area contributed by atoms with Gasteiger partial charge in [0, 0.05) is 5.92 Å². The van der Waals surface area contributed by atoms with E-state index in [1.165, 1.54) is 4.90 Å². The van der Waals surface area contributed by atoms with E-state index in [9.17, 15) is 9.59 Å². The number of para-hydroxylation sites is 2. The van der Waals surface area contributed by atoms with E-state index in [0.717, 1.165) is 22.3 Å². The van der Waals surface area contributed by atoms with Gasteiger partial charge in [0.05, 0.1) is 29.0 Å². The molecule has 0 spiro atoms. The first-order chi connectivity index (χ1) is 14.6. The van der Waals surface area contributed by atoms with Crippen molar-refractivity contribution in [3.8, 4) is 5.75 Å². The fourth-order valence-electron chi connectivity index (χ4n) is 5.73. The molecule has 0 radical (unpaired) electrons. The van der Waals surface area contributed by atoms with E-state index < -0.39 is 16.2 Å². The first-order valence-electron chi connectivity index (χ1n) is 9.97. The molecule has 3 aromatic carbocycles. The number of hydrogen-bond donors (Lipinski definition) is 0. The quantitative estimate of drug-likeness (QED) is 0.415. The highest BCUT2D eigenvalue weighted by Crippen LogP contribution is 2.66. The fraction of sp³-hybridized carbons (Fsp3) is 0.200. The van der Waals surface area contributed by atoms with Gasteiger partial charge in [-0.05, 0) is 34.4 Å². The van der Waals surface area contributed by atoms with Gasteiger partial charge in [-0.2, -0.15) is 0 Å². The number of carbonyl (C=O) groups is 2. The number of hydrogen-bond acceptors (Lipinski definition) is 3. The van der Waals surface area contributed by atoms with Crippen LogP contribution in [0, 0.1) is 11.8 Å². The van der Waals surface area contributed by atoms with Crippen molar-refractivity contribution in [1.82, 2.24) is 0 Å². The summed E-state index contributed by atoms with van der Waals surface area (Å²) in [5.41, 5.74) is 4.92. The zero-order chi connectivity index (χ0) is 20.6. The molecule has 0 unspecified atom stereocenters. The van der Waals surface area contributed by atoms with Crippen molar-refractivity contribution >= 4 is 33.4 Å². The molecular formula is C25H18BrNO3. The Morgan fingerprint density at radius 2 is 1.40 bits per heavy atom. The van der Waals surface area contributed by atoms with Gasteiger partial charge in [0.2, 0.25) is 11.8 Å². The number of nitrogens with zero attached hydrogens (tertiary/aromatic N) is 1. The van der Waals surface area contributed by atoms with Crippen LogP contribution < -0.4 is 9.64 Å². The van der Waals surface area contributed by atoms with E-state index in [1.54, 1.807) is 19.2 Å². The lowest BCUT2D eigenvalue weighted by Gasteiger charge is -2.51. The minimum atomic E-state index is -0.733. The van der Waals surface area contributed by atoms with Crippen LogP contribution in [0.4, 0.5) is 5.69 Å². The molecule has 7 rings (SSSR count). The molecule has 1 aliphatic heterocycles. The third-order valence-electron chi connectivity index (χ3n) is 6.84. The SMILES string of the molecule is COc1ccccc1N1C(=O)[C@@H]2C3c4ccccc4C(Br)(c4ccccc43)[C@H]2C1=O. The molecule has 0 saturated carbocycles. The molecule has 2 amide bonds. The van der Waals surface area contributed by atoms with Gasteiger partial charge in [-0.1, -0.05) is 76.6 Å². The third kappa shape index (κ3) is 1.96. The van der Waals surface area contributed by atoms with Crippen LogP contribution in [0.15, 0.2) is 72.8 Å². The third-order valence-corrected chi connectivity index (χ3v) is 8.19. The summed E-state index contributed by atoms with van der Waals surface area (Å²) < 4.78 is 4.74. The minimum absolute atomic E-state index is 0.141. The molecule has 1 saturated heterocycles. The summed E-state index contributed by atoms with van der Waals surface area (Å²) in [7, 11) is 1.55. The number of anilines is 1. The second-order valence-electron chi connectivity index (χ2n) is 8.05. The van der Waals surface area contributed by atoms with E-state index >= 15 is 0 Å². The van der Waals surface area contributed by atoms with Crippen molar-refractivity contribution in [3.63, 3.8) is 0 Å². The summed E-state index contributed by atoms with van der Waals surface area (Å²) in [5, 5.41) is 0. The van der Waals surface area contributed by atoms with Crippen LogP contribution >= 0.6 is 15.9 Å². The average molecular weight is 460 g/mol. The molecular weight excluding hydrogens is 442 g/mol. The number of benzene rings is 3. The fourth-order valence-corrected chi connectivity index (χ4v) is 6.93. The van der Waals surface area contributed by atoms with Gasteiger partial charge in [0.1, 0.15) is 5.75 Å². The Labute approximate surface area is 182 Å². The van der Waals surface area contributed by atoms with Crippen molar-refractivity contribution in [2.24, 2.45) is 11.8 Å². The second-order valence-corrected chi connectivity index (χ2v) is 9.30. The Morgan fingerprint density at radius 1 is 0.833 bits per heavy atom. The number of imide groups is 1. The average Bonchev–Trinajstić information content (AvgIpc) is 3.05. The normalized spacial score (nSPS) is 28.2. The van der Waals surface area contributed by atoms with Gasteiger partial charge in [0.25, 0.3) is 0 Å². The summed E-state index contributed by atoms with van der Waals surface area (Å²) in [4.78, 5) is 29.0.